The molecule has 2 rings (SSSR count). The first-order valence-electron chi connectivity index (χ1n) is 6.34. The summed E-state index contributed by atoms with van der Waals surface area (Å²) in [5.74, 6) is 0. The van der Waals surface area contributed by atoms with Gasteiger partial charge in [-0.2, -0.15) is 0 Å². The first-order valence-corrected chi connectivity index (χ1v) is 7.29. The maximum Gasteiger partial charge on any atom is 0.315 e. The number of hydrogen-bond donors (Lipinski definition) is 2. The number of aromatic nitrogens is 1. The minimum atomic E-state index is -0.358. The molecule has 6 nitrogen and oxygen atoms in total. The molecule has 0 aliphatic carbocycles. The third kappa shape index (κ3) is 3.45. The average molecular weight is 292 g/mol. The highest BCUT2D eigenvalue weighted by molar-refractivity contribution is 7.07. The molecule has 7 heteroatoms. The molecule has 2 N–H and O–H groups in total. The number of rotatable bonds is 7. The molecular formula is C13H16N4O2S. The van der Waals surface area contributed by atoms with E-state index in [1.165, 1.54) is 0 Å². The molecule has 1 aromatic carbocycles. The zero-order valence-corrected chi connectivity index (χ0v) is 11.9. The van der Waals surface area contributed by atoms with Crippen LogP contribution in [-0.4, -0.2) is 23.0 Å². The zero-order chi connectivity index (χ0) is 14.4. The second-order valence-electron chi connectivity index (χ2n) is 4.15. The van der Waals surface area contributed by atoms with Gasteiger partial charge in [0.1, 0.15) is 11.4 Å². The summed E-state index contributed by atoms with van der Waals surface area (Å²) < 4.78 is 0. The van der Waals surface area contributed by atoms with Crippen molar-refractivity contribution in [3.63, 3.8) is 0 Å². The van der Waals surface area contributed by atoms with Gasteiger partial charge in [-0.3, -0.25) is 10.1 Å². The van der Waals surface area contributed by atoms with Crippen molar-refractivity contribution in [1.29, 1.82) is 0 Å². The van der Waals surface area contributed by atoms with Crippen LogP contribution in [0.3, 0.4) is 0 Å². The van der Waals surface area contributed by atoms with Crippen molar-refractivity contribution in [2.45, 2.75) is 13.3 Å². The number of thiazole rings is 1. The fourth-order valence-corrected chi connectivity index (χ4v) is 2.50. The van der Waals surface area contributed by atoms with Crippen LogP contribution < -0.4 is 10.6 Å². The second-order valence-corrected chi connectivity index (χ2v) is 4.86. The van der Waals surface area contributed by atoms with E-state index in [-0.39, 0.29) is 10.6 Å². The van der Waals surface area contributed by atoms with Crippen molar-refractivity contribution in [1.82, 2.24) is 4.98 Å². The van der Waals surface area contributed by atoms with Crippen molar-refractivity contribution in [3.05, 3.63) is 44.9 Å². The first-order chi connectivity index (χ1) is 9.72. The minimum Gasteiger partial charge on any atom is -0.380 e. The summed E-state index contributed by atoms with van der Waals surface area (Å²) >= 11 is 1.55. The van der Waals surface area contributed by atoms with Crippen LogP contribution >= 0.6 is 11.3 Å². The third-order valence-electron chi connectivity index (χ3n) is 2.77. The predicted octanol–water partition coefficient (Wildman–Crippen LogP) is 3.14. The van der Waals surface area contributed by atoms with Crippen molar-refractivity contribution in [3.8, 4) is 0 Å². The lowest BCUT2D eigenvalue weighted by Crippen LogP contribution is -2.09. The van der Waals surface area contributed by atoms with Gasteiger partial charge in [0, 0.05) is 24.9 Å². The fraction of sp³-hybridized carbons (Fsp3) is 0.308. The summed E-state index contributed by atoms with van der Waals surface area (Å²) in [6, 6.07) is 5.24. The Balaban J connectivity index is 2.09. The highest BCUT2D eigenvalue weighted by atomic mass is 32.1. The van der Waals surface area contributed by atoms with Crippen LogP contribution in [0.2, 0.25) is 0 Å². The Morgan fingerprint density at radius 2 is 2.10 bits per heavy atom. The highest BCUT2D eigenvalue weighted by Gasteiger charge is 2.18. The molecule has 0 fully saturated rings. The maximum absolute atomic E-state index is 11.2. The molecule has 0 aliphatic rings. The largest absolute Gasteiger partial charge is 0.380 e. The summed E-state index contributed by atoms with van der Waals surface area (Å²) in [4.78, 5) is 15.1. The van der Waals surface area contributed by atoms with Crippen molar-refractivity contribution in [2.24, 2.45) is 0 Å². The lowest BCUT2D eigenvalue weighted by Gasteiger charge is -2.10. The molecule has 2 aromatic rings. The molecule has 0 bridgehead atoms. The molecule has 0 atom stereocenters. The van der Waals surface area contributed by atoms with Crippen molar-refractivity contribution >= 4 is 28.4 Å². The van der Waals surface area contributed by atoms with Gasteiger partial charge in [-0.05, 0) is 19.1 Å². The topological polar surface area (TPSA) is 80.1 Å². The fourth-order valence-electron chi connectivity index (χ4n) is 1.90. The summed E-state index contributed by atoms with van der Waals surface area (Å²) in [5, 5.41) is 19.3. The lowest BCUT2D eigenvalue weighted by atomic mass is 10.2. The van der Waals surface area contributed by atoms with Crippen molar-refractivity contribution in [2.75, 3.05) is 23.7 Å². The number of para-hydroxylation sites is 1. The van der Waals surface area contributed by atoms with Gasteiger partial charge in [0.15, 0.2) is 0 Å². The zero-order valence-electron chi connectivity index (χ0n) is 11.1. The summed E-state index contributed by atoms with van der Waals surface area (Å²) in [5.41, 5.74) is 3.93. The van der Waals surface area contributed by atoms with Gasteiger partial charge in [-0.15, -0.1) is 11.3 Å². The molecule has 0 saturated carbocycles. The van der Waals surface area contributed by atoms with Gasteiger partial charge in [-0.25, -0.2) is 4.98 Å². The van der Waals surface area contributed by atoms with Crippen LogP contribution in [0.5, 0.6) is 0 Å². The number of nitrogens with zero attached hydrogens (tertiary/aromatic N) is 2. The van der Waals surface area contributed by atoms with Crippen LogP contribution in [0.4, 0.5) is 17.1 Å². The van der Waals surface area contributed by atoms with E-state index in [2.05, 4.69) is 15.6 Å². The van der Waals surface area contributed by atoms with E-state index in [9.17, 15) is 10.1 Å². The van der Waals surface area contributed by atoms with Crippen molar-refractivity contribution < 1.29 is 4.92 Å². The number of nitro benzene ring substituents is 1. The van der Waals surface area contributed by atoms with Gasteiger partial charge in [0.2, 0.25) is 0 Å². The molecule has 0 aliphatic heterocycles. The Morgan fingerprint density at radius 1 is 1.35 bits per heavy atom. The maximum atomic E-state index is 11.2. The van der Waals surface area contributed by atoms with Crippen LogP contribution in [0.25, 0.3) is 0 Å². The highest BCUT2D eigenvalue weighted by Crippen LogP contribution is 2.32. The summed E-state index contributed by atoms with van der Waals surface area (Å²) in [6.07, 6.45) is 0.742. The quantitative estimate of drug-likeness (QED) is 0.605. The molecule has 0 amide bonds. The van der Waals surface area contributed by atoms with Gasteiger partial charge < -0.3 is 10.6 Å². The Hall–Kier alpha value is -2.15. The molecule has 0 unspecified atom stereocenters. The van der Waals surface area contributed by atoms with E-state index in [1.807, 2.05) is 12.3 Å². The normalized spacial score (nSPS) is 10.2. The minimum absolute atomic E-state index is 0.0904. The Labute approximate surface area is 121 Å². The number of anilines is 2. The van der Waals surface area contributed by atoms with E-state index in [0.717, 1.165) is 12.1 Å². The Kier molecular flexibility index (Phi) is 4.89. The number of nitro groups is 1. The number of nitrogens with one attached hydrogen (secondary N) is 2. The van der Waals surface area contributed by atoms with E-state index in [0.29, 0.717) is 24.5 Å². The SMILES string of the molecule is CCNc1cccc(NCCc2cscn2)c1[N+](=O)[O-]. The Morgan fingerprint density at radius 3 is 2.70 bits per heavy atom. The lowest BCUT2D eigenvalue weighted by molar-refractivity contribution is -0.383. The van der Waals surface area contributed by atoms with Gasteiger partial charge in [0.25, 0.3) is 0 Å². The summed E-state index contributed by atoms with van der Waals surface area (Å²) in [6.45, 7) is 3.16. The van der Waals surface area contributed by atoms with E-state index in [4.69, 9.17) is 0 Å². The van der Waals surface area contributed by atoms with Crippen LogP contribution in [0, 0.1) is 10.1 Å². The third-order valence-corrected chi connectivity index (χ3v) is 3.40. The second kappa shape index (κ2) is 6.85. The molecule has 0 radical (unpaired) electrons. The van der Waals surface area contributed by atoms with Crippen LogP contribution in [-0.2, 0) is 6.42 Å². The number of hydrogen-bond acceptors (Lipinski definition) is 6. The molecule has 106 valence electrons. The molecule has 1 aromatic heterocycles. The van der Waals surface area contributed by atoms with E-state index >= 15 is 0 Å². The summed E-state index contributed by atoms with van der Waals surface area (Å²) in [7, 11) is 0. The van der Waals surface area contributed by atoms with Crippen LogP contribution in [0.1, 0.15) is 12.6 Å². The van der Waals surface area contributed by atoms with Gasteiger partial charge in [0.05, 0.1) is 16.1 Å². The molecular weight excluding hydrogens is 276 g/mol. The monoisotopic (exact) mass is 292 g/mol. The predicted molar refractivity (Wildman–Crippen MR) is 81.6 cm³/mol. The van der Waals surface area contributed by atoms with E-state index in [1.54, 1.807) is 35.0 Å². The standard InChI is InChI=1S/C13H16N4O2S/c1-2-14-11-4-3-5-12(13(11)17(18)19)15-7-6-10-8-20-9-16-10/h3-5,8-9,14-15H,2,6-7H2,1H3. The molecule has 1 heterocycles. The number of benzene rings is 1. The smallest absolute Gasteiger partial charge is 0.315 e. The van der Waals surface area contributed by atoms with Gasteiger partial charge >= 0.3 is 5.69 Å². The van der Waals surface area contributed by atoms with Crippen LogP contribution in [0.15, 0.2) is 29.1 Å². The first kappa shape index (κ1) is 14.3. The van der Waals surface area contributed by atoms with Gasteiger partial charge in [-0.1, -0.05) is 6.07 Å². The molecule has 20 heavy (non-hydrogen) atoms. The molecule has 0 spiro atoms. The molecule has 0 saturated heterocycles. The Bertz CT molecular complexity index is 572. The average Bonchev–Trinajstić information content (AvgIpc) is 2.92. The van der Waals surface area contributed by atoms with E-state index < -0.39 is 0 Å².